The first kappa shape index (κ1) is 22.0. The second kappa shape index (κ2) is 12.3. The number of furan rings is 1. The van der Waals surface area contributed by atoms with Crippen molar-refractivity contribution in [1.29, 1.82) is 0 Å². The number of ether oxygens (including phenoxy) is 1. The maximum Gasteiger partial charge on any atom is 0.191 e. The van der Waals surface area contributed by atoms with E-state index in [-0.39, 0.29) is 24.0 Å². The fourth-order valence-electron chi connectivity index (χ4n) is 2.21. The summed E-state index contributed by atoms with van der Waals surface area (Å²) in [4.78, 5) is 4.24. The van der Waals surface area contributed by atoms with Gasteiger partial charge in [0.15, 0.2) is 5.96 Å². The lowest BCUT2D eigenvalue weighted by Gasteiger charge is -2.13. The van der Waals surface area contributed by atoms with E-state index in [1.54, 1.807) is 13.3 Å². The minimum absolute atomic E-state index is 0. The van der Waals surface area contributed by atoms with Gasteiger partial charge >= 0.3 is 0 Å². The van der Waals surface area contributed by atoms with E-state index >= 15 is 0 Å². The van der Waals surface area contributed by atoms with Crippen molar-refractivity contribution in [1.82, 2.24) is 10.6 Å². The Morgan fingerprint density at radius 1 is 1.28 bits per heavy atom. The molecule has 0 bridgehead atoms. The molecule has 0 amide bonds. The van der Waals surface area contributed by atoms with E-state index in [4.69, 9.17) is 9.15 Å². The number of benzene rings is 1. The van der Waals surface area contributed by atoms with Gasteiger partial charge in [-0.05, 0) is 48.7 Å². The van der Waals surface area contributed by atoms with Crippen molar-refractivity contribution in [2.24, 2.45) is 4.99 Å². The molecule has 0 aliphatic carbocycles. The highest BCUT2D eigenvalue weighted by Gasteiger charge is 2.02. The first-order chi connectivity index (χ1) is 11.7. The van der Waals surface area contributed by atoms with E-state index in [1.165, 1.54) is 11.1 Å². The average molecular weight is 522 g/mol. The minimum Gasteiger partial charge on any atom is -0.467 e. The fraction of sp³-hybridized carbons (Fsp3) is 0.389. The normalized spacial score (nSPS) is 11.1. The van der Waals surface area contributed by atoms with Crippen LogP contribution in [0.1, 0.15) is 23.3 Å². The van der Waals surface area contributed by atoms with Gasteiger partial charge in [-0.15, -0.1) is 24.0 Å². The predicted octanol–water partition coefficient (Wildman–Crippen LogP) is 4.24. The van der Waals surface area contributed by atoms with E-state index in [2.05, 4.69) is 56.7 Å². The number of halogens is 2. The molecule has 2 N–H and O–H groups in total. The summed E-state index contributed by atoms with van der Waals surface area (Å²) in [5.74, 6) is 1.65. The van der Waals surface area contributed by atoms with Crippen LogP contribution in [0, 0.1) is 6.92 Å². The SMILES string of the molecule is CN=C(NCCCOCc1ccco1)NCc1ccc(Br)cc1C.I. The summed E-state index contributed by atoms with van der Waals surface area (Å²) in [5, 5.41) is 6.62. The molecule has 0 aliphatic heterocycles. The molecule has 0 saturated carbocycles. The summed E-state index contributed by atoms with van der Waals surface area (Å²) >= 11 is 3.48. The molecule has 1 aromatic carbocycles. The van der Waals surface area contributed by atoms with E-state index in [1.807, 2.05) is 12.1 Å². The smallest absolute Gasteiger partial charge is 0.191 e. The molecule has 5 nitrogen and oxygen atoms in total. The predicted molar refractivity (Wildman–Crippen MR) is 115 cm³/mol. The van der Waals surface area contributed by atoms with Crippen molar-refractivity contribution in [2.75, 3.05) is 20.2 Å². The van der Waals surface area contributed by atoms with Gasteiger partial charge in [0, 0.05) is 31.2 Å². The molecule has 0 radical (unpaired) electrons. The molecule has 7 heteroatoms. The third-order valence-corrected chi connectivity index (χ3v) is 4.05. The molecule has 0 saturated heterocycles. The molecule has 2 aromatic rings. The minimum atomic E-state index is 0. The Morgan fingerprint density at radius 2 is 2.12 bits per heavy atom. The zero-order valence-electron chi connectivity index (χ0n) is 14.5. The number of hydrogen-bond donors (Lipinski definition) is 2. The lowest BCUT2D eigenvalue weighted by atomic mass is 10.1. The number of aliphatic imine (C=N–C) groups is 1. The maximum absolute atomic E-state index is 5.55. The van der Waals surface area contributed by atoms with Crippen molar-refractivity contribution in [3.63, 3.8) is 0 Å². The highest BCUT2D eigenvalue weighted by Crippen LogP contribution is 2.15. The molecule has 0 spiro atoms. The van der Waals surface area contributed by atoms with Crippen LogP contribution in [-0.4, -0.2) is 26.2 Å². The standard InChI is InChI=1S/C18H24BrN3O2.HI/c1-14-11-16(19)7-6-15(14)12-22-18(20-2)21-8-4-9-23-13-17-5-3-10-24-17;/h3,5-7,10-11H,4,8-9,12-13H2,1-2H3,(H2,20,21,22);1H. The molecule has 0 fully saturated rings. The molecule has 25 heavy (non-hydrogen) atoms. The van der Waals surface area contributed by atoms with Crippen molar-refractivity contribution < 1.29 is 9.15 Å². The summed E-state index contributed by atoms with van der Waals surface area (Å²) < 4.78 is 11.9. The Morgan fingerprint density at radius 3 is 2.80 bits per heavy atom. The number of rotatable bonds is 8. The van der Waals surface area contributed by atoms with Crippen molar-refractivity contribution in [3.8, 4) is 0 Å². The molecule has 0 aliphatic rings. The lowest BCUT2D eigenvalue weighted by Crippen LogP contribution is -2.37. The Kier molecular flexibility index (Phi) is 10.8. The van der Waals surface area contributed by atoms with Gasteiger partial charge in [0.1, 0.15) is 12.4 Å². The first-order valence-electron chi connectivity index (χ1n) is 7.98. The largest absolute Gasteiger partial charge is 0.467 e. The number of guanidine groups is 1. The van der Waals surface area contributed by atoms with Crippen LogP contribution in [0.2, 0.25) is 0 Å². The van der Waals surface area contributed by atoms with Gasteiger partial charge in [0.05, 0.1) is 6.26 Å². The number of nitrogens with one attached hydrogen (secondary N) is 2. The van der Waals surface area contributed by atoms with Crippen LogP contribution in [-0.2, 0) is 17.9 Å². The fourth-order valence-corrected chi connectivity index (χ4v) is 2.68. The van der Waals surface area contributed by atoms with E-state index < -0.39 is 0 Å². The maximum atomic E-state index is 5.55. The summed E-state index contributed by atoms with van der Waals surface area (Å²) in [5.41, 5.74) is 2.50. The van der Waals surface area contributed by atoms with Gasteiger partial charge < -0.3 is 19.8 Å². The molecule has 0 atom stereocenters. The number of aryl methyl sites for hydroxylation is 1. The summed E-state index contributed by atoms with van der Waals surface area (Å²) in [7, 11) is 1.77. The molecule has 1 heterocycles. The number of hydrogen-bond acceptors (Lipinski definition) is 3. The summed E-state index contributed by atoms with van der Waals surface area (Å²) in [6, 6.07) is 10.1. The molecule has 138 valence electrons. The third-order valence-electron chi connectivity index (χ3n) is 3.56. The van der Waals surface area contributed by atoms with Gasteiger partial charge in [-0.25, -0.2) is 0 Å². The molecule has 0 unspecified atom stereocenters. The van der Waals surface area contributed by atoms with Gasteiger partial charge in [-0.3, -0.25) is 4.99 Å². The molecular formula is C18H25BrIN3O2. The lowest BCUT2D eigenvalue weighted by molar-refractivity contribution is 0.105. The second-order valence-corrected chi connectivity index (χ2v) is 6.32. The summed E-state index contributed by atoms with van der Waals surface area (Å²) in [6.07, 6.45) is 2.56. The van der Waals surface area contributed by atoms with E-state index in [0.29, 0.717) is 13.2 Å². The van der Waals surface area contributed by atoms with Crippen molar-refractivity contribution in [2.45, 2.75) is 26.5 Å². The Balaban J connectivity index is 0.00000312. The third kappa shape index (κ3) is 8.24. The monoisotopic (exact) mass is 521 g/mol. The highest BCUT2D eigenvalue weighted by atomic mass is 127. The highest BCUT2D eigenvalue weighted by molar-refractivity contribution is 14.0. The van der Waals surface area contributed by atoms with Gasteiger partial charge in [-0.2, -0.15) is 0 Å². The molecular weight excluding hydrogens is 497 g/mol. The Hall–Kier alpha value is -1.06. The zero-order chi connectivity index (χ0) is 17.2. The Labute approximate surface area is 174 Å². The van der Waals surface area contributed by atoms with Gasteiger partial charge in [0.2, 0.25) is 0 Å². The van der Waals surface area contributed by atoms with Crippen LogP contribution in [0.15, 0.2) is 50.5 Å². The quantitative estimate of drug-likeness (QED) is 0.236. The van der Waals surface area contributed by atoms with Crippen molar-refractivity contribution in [3.05, 3.63) is 58.0 Å². The number of nitrogens with zero attached hydrogens (tertiary/aromatic N) is 1. The second-order valence-electron chi connectivity index (χ2n) is 5.41. The first-order valence-corrected chi connectivity index (χ1v) is 8.78. The molecule has 2 rings (SSSR count). The van der Waals surface area contributed by atoms with Crippen LogP contribution in [0.4, 0.5) is 0 Å². The van der Waals surface area contributed by atoms with Crippen LogP contribution in [0.5, 0.6) is 0 Å². The van der Waals surface area contributed by atoms with E-state index in [0.717, 1.165) is 35.7 Å². The molecule has 1 aromatic heterocycles. The van der Waals surface area contributed by atoms with Crippen LogP contribution >= 0.6 is 39.9 Å². The summed E-state index contributed by atoms with van der Waals surface area (Å²) in [6.45, 7) is 4.85. The van der Waals surface area contributed by atoms with Crippen molar-refractivity contribution >= 4 is 45.9 Å². The van der Waals surface area contributed by atoms with Crippen LogP contribution < -0.4 is 10.6 Å². The van der Waals surface area contributed by atoms with Crippen LogP contribution in [0.25, 0.3) is 0 Å². The van der Waals surface area contributed by atoms with E-state index in [9.17, 15) is 0 Å². The Bertz CT molecular complexity index is 648. The topological polar surface area (TPSA) is 58.8 Å². The average Bonchev–Trinajstić information content (AvgIpc) is 3.08. The van der Waals surface area contributed by atoms with Gasteiger partial charge in [0.25, 0.3) is 0 Å². The van der Waals surface area contributed by atoms with Gasteiger partial charge in [-0.1, -0.05) is 22.0 Å². The zero-order valence-corrected chi connectivity index (χ0v) is 18.5. The van der Waals surface area contributed by atoms with Crippen LogP contribution in [0.3, 0.4) is 0 Å².